The van der Waals surface area contributed by atoms with Crippen molar-refractivity contribution >= 4 is 33.3 Å². The van der Waals surface area contributed by atoms with Crippen LogP contribution in [0.4, 0.5) is 4.39 Å². The highest BCUT2D eigenvalue weighted by molar-refractivity contribution is 9.10. The van der Waals surface area contributed by atoms with Gasteiger partial charge in [-0.1, -0.05) is 18.5 Å². The van der Waals surface area contributed by atoms with Crippen LogP contribution in [0.15, 0.2) is 16.6 Å². The summed E-state index contributed by atoms with van der Waals surface area (Å²) in [7, 11) is 0. The van der Waals surface area contributed by atoms with Gasteiger partial charge in [0.05, 0.1) is 10.6 Å². The van der Waals surface area contributed by atoms with Crippen molar-refractivity contribution in [2.24, 2.45) is 11.7 Å². The number of benzene rings is 1. The Labute approximate surface area is 120 Å². The molecule has 0 spiro atoms. The second kappa shape index (κ2) is 7.22. The van der Waals surface area contributed by atoms with Crippen molar-refractivity contribution in [1.29, 1.82) is 0 Å². The monoisotopic (exact) mass is 335 g/mol. The largest absolute Gasteiger partial charge is 0.330 e. The fourth-order valence-corrected chi connectivity index (χ4v) is 2.15. The van der Waals surface area contributed by atoms with Gasteiger partial charge in [0.15, 0.2) is 11.6 Å². The van der Waals surface area contributed by atoms with Crippen LogP contribution in [0.5, 0.6) is 0 Å². The normalized spacial score (nSPS) is 12.5. The molecule has 1 aromatic carbocycles. The van der Waals surface area contributed by atoms with Gasteiger partial charge in [0.1, 0.15) is 0 Å². The third kappa shape index (κ3) is 4.04. The lowest BCUT2D eigenvalue weighted by Crippen LogP contribution is -2.09. The Balaban J connectivity index is 2.71. The molecule has 100 valence electrons. The Bertz CT molecular complexity index is 439. The highest BCUT2D eigenvalue weighted by atomic mass is 79.9. The molecule has 0 saturated carbocycles. The molecule has 5 heteroatoms. The van der Waals surface area contributed by atoms with Crippen LogP contribution >= 0.6 is 27.5 Å². The maximum atomic E-state index is 13.8. The molecule has 0 saturated heterocycles. The minimum absolute atomic E-state index is 0.0455. The van der Waals surface area contributed by atoms with E-state index < -0.39 is 5.82 Å². The van der Waals surface area contributed by atoms with Gasteiger partial charge >= 0.3 is 0 Å². The van der Waals surface area contributed by atoms with Gasteiger partial charge in [0.25, 0.3) is 0 Å². The zero-order valence-corrected chi connectivity index (χ0v) is 12.5. The molecule has 2 nitrogen and oxygen atoms in total. The number of Topliss-reactive ketones (excluding diaryl/α,β-unsaturated/α-hetero) is 1. The summed E-state index contributed by atoms with van der Waals surface area (Å²) in [5.41, 5.74) is 5.50. The van der Waals surface area contributed by atoms with Gasteiger partial charge < -0.3 is 5.73 Å². The first kappa shape index (κ1) is 15.6. The van der Waals surface area contributed by atoms with E-state index in [1.807, 2.05) is 6.92 Å². The summed E-state index contributed by atoms with van der Waals surface area (Å²) in [6, 6.07) is 3.04. The van der Waals surface area contributed by atoms with Crippen LogP contribution < -0.4 is 5.73 Å². The molecule has 1 unspecified atom stereocenters. The lowest BCUT2D eigenvalue weighted by Gasteiger charge is -2.10. The van der Waals surface area contributed by atoms with Gasteiger partial charge in [-0.15, -0.1) is 0 Å². The van der Waals surface area contributed by atoms with Gasteiger partial charge in [0.2, 0.25) is 0 Å². The minimum atomic E-state index is -0.650. The molecule has 1 aromatic rings. The van der Waals surface area contributed by atoms with Crippen molar-refractivity contribution < 1.29 is 9.18 Å². The molecule has 2 N–H and O–H groups in total. The number of carbonyl (C=O) groups is 1. The van der Waals surface area contributed by atoms with Crippen molar-refractivity contribution in [3.8, 4) is 0 Å². The molecule has 0 aliphatic heterocycles. The smallest absolute Gasteiger partial charge is 0.165 e. The van der Waals surface area contributed by atoms with Crippen LogP contribution in [0.1, 0.15) is 36.5 Å². The highest BCUT2D eigenvalue weighted by Crippen LogP contribution is 2.28. The maximum Gasteiger partial charge on any atom is 0.165 e. The van der Waals surface area contributed by atoms with E-state index in [0.29, 0.717) is 29.8 Å². The Morgan fingerprint density at radius 1 is 1.50 bits per heavy atom. The summed E-state index contributed by atoms with van der Waals surface area (Å²) in [6.07, 6.45) is 1.90. The van der Waals surface area contributed by atoms with Crippen molar-refractivity contribution in [2.45, 2.75) is 26.2 Å². The lowest BCUT2D eigenvalue weighted by molar-refractivity contribution is 0.0970. The molecule has 0 aliphatic carbocycles. The molecule has 0 amide bonds. The van der Waals surface area contributed by atoms with Crippen molar-refractivity contribution in [3.05, 3.63) is 33.0 Å². The highest BCUT2D eigenvalue weighted by Gasteiger charge is 2.17. The van der Waals surface area contributed by atoms with E-state index in [0.717, 1.165) is 6.42 Å². The quantitative estimate of drug-likeness (QED) is 0.625. The number of hydrogen-bond donors (Lipinski definition) is 1. The summed E-state index contributed by atoms with van der Waals surface area (Å²) in [6.45, 7) is 2.64. The van der Waals surface area contributed by atoms with E-state index in [1.54, 1.807) is 6.07 Å². The standard InChI is InChI=1S/C13H16BrClFNO/c1-8(6-7-17)2-5-11(18)9-3-4-10(14)12(15)13(9)16/h3-4,8H,2,5-7,17H2,1H3. The predicted octanol–water partition coefficient (Wildman–Crippen LogP) is 4.19. The topological polar surface area (TPSA) is 43.1 Å². The molecular formula is C13H16BrClFNO. The predicted molar refractivity (Wildman–Crippen MR) is 75.5 cm³/mol. The van der Waals surface area contributed by atoms with E-state index in [4.69, 9.17) is 17.3 Å². The number of carbonyl (C=O) groups excluding carboxylic acids is 1. The number of ketones is 1. The first-order valence-corrected chi connectivity index (χ1v) is 7.01. The van der Waals surface area contributed by atoms with Crippen molar-refractivity contribution in [2.75, 3.05) is 6.54 Å². The average molecular weight is 337 g/mol. The van der Waals surface area contributed by atoms with Crippen LogP contribution in [0.25, 0.3) is 0 Å². The molecule has 0 heterocycles. The molecule has 0 bridgehead atoms. The fourth-order valence-electron chi connectivity index (χ4n) is 1.68. The second-order valence-electron chi connectivity index (χ2n) is 4.37. The first-order valence-electron chi connectivity index (χ1n) is 5.84. The summed E-state index contributed by atoms with van der Waals surface area (Å²) in [4.78, 5) is 11.9. The summed E-state index contributed by atoms with van der Waals surface area (Å²) in [5.74, 6) is -0.499. The molecule has 0 aliphatic rings. The van der Waals surface area contributed by atoms with Crippen LogP contribution in [0.3, 0.4) is 0 Å². The molecular weight excluding hydrogens is 321 g/mol. The Morgan fingerprint density at radius 2 is 2.17 bits per heavy atom. The van der Waals surface area contributed by atoms with E-state index in [1.165, 1.54) is 6.07 Å². The van der Waals surface area contributed by atoms with Crippen molar-refractivity contribution in [3.63, 3.8) is 0 Å². The Kier molecular flexibility index (Phi) is 6.26. The van der Waals surface area contributed by atoms with Crippen LogP contribution in [0.2, 0.25) is 5.02 Å². The van der Waals surface area contributed by atoms with Gasteiger partial charge in [-0.05, 0) is 53.4 Å². The number of halogens is 3. The number of nitrogens with two attached hydrogens (primary N) is 1. The zero-order valence-electron chi connectivity index (χ0n) is 10.2. The third-order valence-electron chi connectivity index (χ3n) is 2.86. The van der Waals surface area contributed by atoms with Gasteiger partial charge in [-0.25, -0.2) is 4.39 Å². The first-order chi connectivity index (χ1) is 8.47. The van der Waals surface area contributed by atoms with E-state index in [-0.39, 0.29) is 16.4 Å². The molecule has 1 atom stereocenters. The third-order valence-corrected chi connectivity index (χ3v) is 4.12. The van der Waals surface area contributed by atoms with E-state index in [2.05, 4.69) is 15.9 Å². The van der Waals surface area contributed by atoms with Crippen LogP contribution in [-0.2, 0) is 0 Å². The molecule has 0 radical (unpaired) electrons. The van der Waals surface area contributed by atoms with Gasteiger partial charge in [-0.3, -0.25) is 4.79 Å². The molecule has 18 heavy (non-hydrogen) atoms. The van der Waals surface area contributed by atoms with E-state index in [9.17, 15) is 9.18 Å². The number of hydrogen-bond acceptors (Lipinski definition) is 2. The fraction of sp³-hybridized carbons (Fsp3) is 0.462. The Morgan fingerprint density at radius 3 is 2.78 bits per heavy atom. The van der Waals surface area contributed by atoms with Gasteiger partial charge in [-0.2, -0.15) is 0 Å². The summed E-state index contributed by atoms with van der Waals surface area (Å²) >= 11 is 8.86. The van der Waals surface area contributed by atoms with Crippen molar-refractivity contribution in [1.82, 2.24) is 0 Å². The van der Waals surface area contributed by atoms with Gasteiger partial charge in [0, 0.05) is 10.9 Å². The maximum absolute atomic E-state index is 13.8. The molecule has 0 fully saturated rings. The summed E-state index contributed by atoms with van der Waals surface area (Å²) < 4.78 is 14.2. The number of rotatable bonds is 6. The zero-order chi connectivity index (χ0) is 13.7. The van der Waals surface area contributed by atoms with Crippen LogP contribution in [-0.4, -0.2) is 12.3 Å². The summed E-state index contributed by atoms with van der Waals surface area (Å²) in [5, 5.41) is -0.0455. The lowest BCUT2D eigenvalue weighted by atomic mass is 9.97. The average Bonchev–Trinajstić information content (AvgIpc) is 2.34. The SMILES string of the molecule is CC(CCN)CCC(=O)c1ccc(Br)c(Cl)c1F. The Hall–Kier alpha value is -0.450. The minimum Gasteiger partial charge on any atom is -0.330 e. The molecule has 1 rings (SSSR count). The second-order valence-corrected chi connectivity index (χ2v) is 5.60. The molecule has 0 aromatic heterocycles. The van der Waals surface area contributed by atoms with Crippen LogP contribution in [0, 0.1) is 11.7 Å². The van der Waals surface area contributed by atoms with E-state index >= 15 is 0 Å².